The summed E-state index contributed by atoms with van der Waals surface area (Å²) in [7, 11) is 0. The molecule has 8 heteroatoms. The van der Waals surface area contributed by atoms with Crippen LogP contribution in [0.5, 0.6) is 0 Å². The van der Waals surface area contributed by atoms with Crippen LogP contribution in [0, 0.1) is 11.3 Å². The van der Waals surface area contributed by atoms with Crippen molar-refractivity contribution in [3.63, 3.8) is 0 Å². The predicted octanol–water partition coefficient (Wildman–Crippen LogP) is 1.72. The number of aromatic nitrogens is 2. The van der Waals surface area contributed by atoms with Gasteiger partial charge in [0.25, 0.3) is 5.91 Å². The number of nitrogens with zero attached hydrogens (tertiary/aromatic N) is 2. The monoisotopic (exact) mass is 375 g/mol. The van der Waals surface area contributed by atoms with Gasteiger partial charge in [0.05, 0.1) is 5.69 Å². The zero-order chi connectivity index (χ0) is 17.4. The Kier molecular flexibility index (Phi) is 5.02. The molecule has 1 saturated carbocycles. The van der Waals surface area contributed by atoms with Crippen LogP contribution in [0.3, 0.4) is 0 Å². The predicted molar refractivity (Wildman–Crippen MR) is 101 cm³/mol. The topological polar surface area (TPSA) is 102 Å². The van der Waals surface area contributed by atoms with E-state index >= 15 is 0 Å². The molecule has 2 amide bonds. The maximum absolute atomic E-state index is 12.5. The van der Waals surface area contributed by atoms with Gasteiger partial charge in [-0.25, -0.2) is 4.68 Å². The fourth-order valence-corrected chi connectivity index (χ4v) is 3.72. The maximum atomic E-state index is 12.5. The zero-order valence-corrected chi connectivity index (χ0v) is 15.1. The minimum atomic E-state index is -0.557. The number of rotatable bonds is 4. The van der Waals surface area contributed by atoms with Crippen LogP contribution in [-0.2, 0) is 4.79 Å². The zero-order valence-electron chi connectivity index (χ0n) is 14.3. The van der Waals surface area contributed by atoms with E-state index in [1.807, 2.05) is 24.3 Å². The van der Waals surface area contributed by atoms with Crippen molar-refractivity contribution < 1.29 is 9.59 Å². The molecule has 1 aliphatic carbocycles. The van der Waals surface area contributed by atoms with Crippen LogP contribution in [0.25, 0.3) is 5.69 Å². The fourth-order valence-electron chi connectivity index (χ4n) is 3.72. The van der Waals surface area contributed by atoms with Crippen LogP contribution in [0.1, 0.15) is 29.8 Å². The number of primary amides is 1. The molecule has 26 heavy (non-hydrogen) atoms. The Morgan fingerprint density at radius 3 is 2.50 bits per heavy atom. The van der Waals surface area contributed by atoms with Crippen molar-refractivity contribution in [2.45, 2.75) is 19.3 Å². The van der Waals surface area contributed by atoms with Crippen LogP contribution in [0.2, 0.25) is 0 Å². The molecule has 4 N–H and O–H groups in total. The molecule has 138 valence electrons. The Morgan fingerprint density at radius 1 is 1.19 bits per heavy atom. The standard InChI is InChI=1S/C18H21N5O2.ClH/c19-16(24)15-5-10-23(22-15)13-3-1-12(2-4-13)21-17(25)14-11-18(14)6-8-20-9-7-18;/h1-5,10,14,20H,6-9,11H2,(H2,19,24)(H,21,25);1H. The number of nitrogens with one attached hydrogen (secondary N) is 2. The van der Waals surface area contributed by atoms with Crippen molar-refractivity contribution in [1.29, 1.82) is 0 Å². The summed E-state index contributed by atoms with van der Waals surface area (Å²) in [6, 6.07) is 8.96. The SMILES string of the molecule is Cl.NC(=O)c1ccn(-c2ccc(NC(=O)C3CC34CCNCC4)cc2)n1. The molecular formula is C18H22ClN5O2. The number of halogens is 1. The van der Waals surface area contributed by atoms with Crippen LogP contribution in [0.15, 0.2) is 36.5 Å². The van der Waals surface area contributed by atoms with E-state index in [2.05, 4.69) is 15.7 Å². The van der Waals surface area contributed by atoms with Gasteiger partial charge in [0, 0.05) is 17.8 Å². The molecule has 1 unspecified atom stereocenters. The molecule has 1 atom stereocenters. The number of carbonyl (C=O) groups excluding carboxylic acids is 2. The van der Waals surface area contributed by atoms with Crippen molar-refractivity contribution in [1.82, 2.24) is 15.1 Å². The van der Waals surface area contributed by atoms with Gasteiger partial charge < -0.3 is 16.4 Å². The lowest BCUT2D eigenvalue weighted by molar-refractivity contribution is -0.118. The lowest BCUT2D eigenvalue weighted by atomic mass is 9.92. The highest BCUT2D eigenvalue weighted by atomic mass is 35.5. The highest BCUT2D eigenvalue weighted by Crippen LogP contribution is 2.58. The number of amides is 2. The largest absolute Gasteiger partial charge is 0.364 e. The molecule has 0 radical (unpaired) electrons. The summed E-state index contributed by atoms with van der Waals surface area (Å²) in [4.78, 5) is 23.6. The van der Waals surface area contributed by atoms with Crippen LogP contribution in [-0.4, -0.2) is 34.7 Å². The second-order valence-electron chi connectivity index (χ2n) is 6.92. The van der Waals surface area contributed by atoms with E-state index in [0.29, 0.717) is 0 Å². The lowest BCUT2D eigenvalue weighted by Crippen LogP contribution is -2.31. The molecule has 2 heterocycles. The molecule has 1 aliphatic heterocycles. The first-order chi connectivity index (χ1) is 12.1. The number of carbonyl (C=O) groups is 2. The molecule has 0 bridgehead atoms. The number of anilines is 1. The summed E-state index contributed by atoms with van der Waals surface area (Å²) >= 11 is 0. The number of piperidine rings is 1. The van der Waals surface area contributed by atoms with Gasteiger partial charge in [-0.15, -0.1) is 12.4 Å². The molecule has 4 rings (SSSR count). The summed E-state index contributed by atoms with van der Waals surface area (Å²) in [5, 5.41) is 10.5. The average Bonchev–Trinajstić information content (AvgIpc) is 3.08. The molecule has 2 aliphatic rings. The van der Waals surface area contributed by atoms with E-state index < -0.39 is 5.91 Å². The van der Waals surface area contributed by atoms with Crippen LogP contribution in [0.4, 0.5) is 5.69 Å². The molecule has 1 aromatic carbocycles. The third kappa shape index (κ3) is 3.45. The molecule has 7 nitrogen and oxygen atoms in total. The number of benzene rings is 1. The lowest BCUT2D eigenvalue weighted by Gasteiger charge is -2.23. The molecule has 1 aromatic heterocycles. The second-order valence-corrected chi connectivity index (χ2v) is 6.92. The van der Waals surface area contributed by atoms with Gasteiger partial charge in [-0.1, -0.05) is 0 Å². The molecule has 2 aromatic rings. The van der Waals surface area contributed by atoms with Crippen molar-refractivity contribution in [2.75, 3.05) is 18.4 Å². The van der Waals surface area contributed by atoms with Gasteiger partial charge in [0.2, 0.25) is 5.91 Å². The van der Waals surface area contributed by atoms with Gasteiger partial charge in [0.15, 0.2) is 0 Å². The van der Waals surface area contributed by atoms with E-state index in [1.54, 1.807) is 16.9 Å². The number of nitrogens with two attached hydrogens (primary N) is 1. The maximum Gasteiger partial charge on any atom is 0.269 e. The third-order valence-corrected chi connectivity index (χ3v) is 5.35. The Hall–Kier alpha value is -2.38. The fraction of sp³-hybridized carbons (Fsp3) is 0.389. The smallest absolute Gasteiger partial charge is 0.269 e. The van der Waals surface area contributed by atoms with Crippen molar-refractivity contribution in [2.24, 2.45) is 17.1 Å². The number of hydrogen-bond donors (Lipinski definition) is 3. The van der Waals surface area contributed by atoms with Crippen molar-refractivity contribution in [3.8, 4) is 5.69 Å². The normalized spacial score (nSPS) is 20.2. The highest BCUT2D eigenvalue weighted by molar-refractivity contribution is 5.95. The Morgan fingerprint density at radius 2 is 1.88 bits per heavy atom. The summed E-state index contributed by atoms with van der Waals surface area (Å²) in [5.74, 6) is -0.304. The molecule has 2 fully saturated rings. The third-order valence-electron chi connectivity index (χ3n) is 5.35. The van der Waals surface area contributed by atoms with Crippen LogP contribution >= 0.6 is 12.4 Å². The second kappa shape index (κ2) is 7.09. The summed E-state index contributed by atoms with van der Waals surface area (Å²) in [5.41, 5.74) is 7.23. The first-order valence-electron chi connectivity index (χ1n) is 8.55. The summed E-state index contributed by atoms with van der Waals surface area (Å²) in [6.07, 6.45) is 4.86. The summed E-state index contributed by atoms with van der Waals surface area (Å²) < 4.78 is 1.58. The van der Waals surface area contributed by atoms with Gasteiger partial charge in [-0.05, 0) is 68.1 Å². The first kappa shape index (κ1) is 18.4. The van der Waals surface area contributed by atoms with Crippen molar-refractivity contribution >= 4 is 29.9 Å². The van der Waals surface area contributed by atoms with E-state index in [-0.39, 0.29) is 35.3 Å². The van der Waals surface area contributed by atoms with E-state index in [1.165, 1.54) is 0 Å². The van der Waals surface area contributed by atoms with Gasteiger partial charge in [-0.2, -0.15) is 5.10 Å². The molecule has 1 spiro atoms. The summed E-state index contributed by atoms with van der Waals surface area (Å²) in [6.45, 7) is 2.02. The Bertz CT molecular complexity index is 811. The highest BCUT2D eigenvalue weighted by Gasteiger charge is 2.57. The van der Waals surface area contributed by atoms with Crippen molar-refractivity contribution in [3.05, 3.63) is 42.2 Å². The first-order valence-corrected chi connectivity index (χ1v) is 8.55. The molecular weight excluding hydrogens is 354 g/mol. The van der Waals surface area contributed by atoms with Gasteiger partial charge in [0.1, 0.15) is 5.69 Å². The van der Waals surface area contributed by atoms with Crippen LogP contribution < -0.4 is 16.4 Å². The minimum absolute atomic E-state index is 0. The quantitative estimate of drug-likeness (QED) is 0.757. The number of hydrogen-bond acceptors (Lipinski definition) is 4. The average molecular weight is 376 g/mol. The molecule has 1 saturated heterocycles. The van der Waals surface area contributed by atoms with E-state index in [9.17, 15) is 9.59 Å². The van der Waals surface area contributed by atoms with E-state index in [4.69, 9.17) is 5.73 Å². The van der Waals surface area contributed by atoms with E-state index in [0.717, 1.165) is 43.7 Å². The Labute approximate surface area is 157 Å². The van der Waals surface area contributed by atoms with Gasteiger partial charge >= 0.3 is 0 Å². The minimum Gasteiger partial charge on any atom is -0.364 e. The Balaban J connectivity index is 0.00000196. The van der Waals surface area contributed by atoms with Gasteiger partial charge in [-0.3, -0.25) is 9.59 Å².